The second-order valence-corrected chi connectivity index (χ2v) is 5.70. The molecular formula is C18H18N4O6. The van der Waals surface area contributed by atoms with Crippen LogP contribution in [0.3, 0.4) is 0 Å². The summed E-state index contributed by atoms with van der Waals surface area (Å²) >= 11 is 0. The molecule has 146 valence electrons. The first-order chi connectivity index (χ1) is 13.5. The minimum atomic E-state index is -0.527. The van der Waals surface area contributed by atoms with Crippen LogP contribution < -0.4 is 14.8 Å². The number of benzene rings is 1. The molecule has 0 saturated carbocycles. The molecule has 10 heteroatoms. The van der Waals surface area contributed by atoms with Gasteiger partial charge in [0.05, 0.1) is 18.6 Å². The van der Waals surface area contributed by atoms with Gasteiger partial charge in [-0.25, -0.2) is 0 Å². The molecule has 2 heterocycles. The van der Waals surface area contributed by atoms with Crippen molar-refractivity contribution in [1.82, 2.24) is 15.1 Å². The van der Waals surface area contributed by atoms with Gasteiger partial charge in [0.1, 0.15) is 36.3 Å². The van der Waals surface area contributed by atoms with E-state index in [4.69, 9.17) is 13.9 Å². The summed E-state index contributed by atoms with van der Waals surface area (Å²) in [5.41, 5.74) is -0.0983. The van der Waals surface area contributed by atoms with E-state index in [9.17, 15) is 14.9 Å². The van der Waals surface area contributed by atoms with Crippen molar-refractivity contribution in [3.63, 3.8) is 0 Å². The summed E-state index contributed by atoms with van der Waals surface area (Å²) in [6, 6.07) is 10.3. The van der Waals surface area contributed by atoms with Crippen LogP contribution in [0.4, 0.5) is 5.69 Å². The molecule has 0 fully saturated rings. The van der Waals surface area contributed by atoms with Crippen molar-refractivity contribution in [3.05, 3.63) is 70.4 Å². The summed E-state index contributed by atoms with van der Waals surface area (Å²) in [7, 11) is 1.59. The van der Waals surface area contributed by atoms with Gasteiger partial charge in [-0.1, -0.05) is 0 Å². The fraction of sp³-hybridized carbons (Fsp3) is 0.222. The molecule has 0 atom stereocenters. The maximum Gasteiger partial charge on any atom is 0.306 e. The highest BCUT2D eigenvalue weighted by atomic mass is 16.6. The van der Waals surface area contributed by atoms with Crippen molar-refractivity contribution in [2.75, 3.05) is 13.7 Å². The highest BCUT2D eigenvalue weighted by Crippen LogP contribution is 2.19. The number of rotatable bonds is 9. The number of nitrogens with zero attached hydrogens (tertiary/aromatic N) is 3. The molecule has 3 aromatic rings. The molecule has 10 nitrogen and oxygen atoms in total. The fourth-order valence-electron chi connectivity index (χ4n) is 2.34. The van der Waals surface area contributed by atoms with Crippen LogP contribution in [0.1, 0.15) is 16.3 Å². The van der Waals surface area contributed by atoms with Crippen molar-refractivity contribution >= 4 is 11.6 Å². The van der Waals surface area contributed by atoms with E-state index in [-0.39, 0.29) is 24.6 Å². The molecule has 2 aromatic heterocycles. The first kappa shape index (κ1) is 19.0. The summed E-state index contributed by atoms with van der Waals surface area (Å²) in [5.74, 6) is 1.64. The van der Waals surface area contributed by atoms with Gasteiger partial charge in [0, 0.05) is 6.54 Å². The highest BCUT2D eigenvalue weighted by Gasteiger charge is 2.12. The van der Waals surface area contributed by atoms with E-state index in [1.165, 1.54) is 10.9 Å². The standard InChI is InChI=1S/C18H18N4O6/c1-26-14-2-4-15(5-3-14)27-12-16-6-7-17(28-16)18(23)19-8-9-21-11-13(10-20-21)22(24)25/h2-7,10-11H,8-9,12H2,1H3,(H,19,23). The third kappa shape index (κ3) is 4.87. The number of amides is 1. The Kier molecular flexibility index (Phi) is 5.90. The van der Waals surface area contributed by atoms with Crippen LogP contribution in [-0.4, -0.2) is 34.3 Å². The van der Waals surface area contributed by atoms with Gasteiger partial charge in [-0.15, -0.1) is 0 Å². The van der Waals surface area contributed by atoms with Crippen molar-refractivity contribution in [2.24, 2.45) is 0 Å². The van der Waals surface area contributed by atoms with Crippen LogP contribution in [0.2, 0.25) is 0 Å². The Balaban J connectivity index is 1.45. The molecule has 0 aliphatic heterocycles. The van der Waals surface area contributed by atoms with Crippen molar-refractivity contribution in [3.8, 4) is 11.5 Å². The van der Waals surface area contributed by atoms with Crippen molar-refractivity contribution < 1.29 is 23.6 Å². The zero-order chi connectivity index (χ0) is 19.9. The molecule has 0 spiro atoms. The Morgan fingerprint density at radius 1 is 1.25 bits per heavy atom. The number of furan rings is 1. The number of hydrogen-bond donors (Lipinski definition) is 1. The smallest absolute Gasteiger partial charge is 0.306 e. The Bertz CT molecular complexity index is 947. The summed E-state index contributed by atoms with van der Waals surface area (Å²) in [6.45, 7) is 0.723. The van der Waals surface area contributed by atoms with Crippen molar-refractivity contribution in [1.29, 1.82) is 0 Å². The molecule has 1 amide bonds. The molecule has 0 radical (unpaired) electrons. The number of nitrogens with one attached hydrogen (secondary N) is 1. The van der Waals surface area contributed by atoms with Crippen LogP contribution in [0.5, 0.6) is 11.5 Å². The maximum atomic E-state index is 12.1. The molecule has 0 aliphatic carbocycles. The van der Waals surface area contributed by atoms with Crippen LogP contribution in [0.25, 0.3) is 0 Å². The van der Waals surface area contributed by atoms with Crippen LogP contribution in [0, 0.1) is 10.1 Å². The number of methoxy groups -OCH3 is 1. The average molecular weight is 386 g/mol. The lowest BCUT2D eigenvalue weighted by atomic mass is 10.3. The average Bonchev–Trinajstić information content (AvgIpc) is 3.36. The molecular weight excluding hydrogens is 368 g/mol. The number of carbonyl (C=O) groups is 1. The number of carbonyl (C=O) groups excluding carboxylic acids is 1. The highest BCUT2D eigenvalue weighted by molar-refractivity contribution is 5.91. The van der Waals surface area contributed by atoms with Crippen LogP contribution >= 0.6 is 0 Å². The fourth-order valence-corrected chi connectivity index (χ4v) is 2.34. The summed E-state index contributed by atoms with van der Waals surface area (Å²) in [6.07, 6.45) is 2.46. The van der Waals surface area contributed by atoms with E-state index >= 15 is 0 Å². The summed E-state index contributed by atoms with van der Waals surface area (Å²) < 4.78 is 17.5. The minimum Gasteiger partial charge on any atom is -0.497 e. The van der Waals surface area contributed by atoms with Gasteiger partial charge in [0.2, 0.25) is 0 Å². The lowest BCUT2D eigenvalue weighted by Gasteiger charge is -2.05. The SMILES string of the molecule is COc1ccc(OCc2ccc(C(=O)NCCn3cc([N+](=O)[O-])cn3)o2)cc1. The lowest BCUT2D eigenvalue weighted by molar-refractivity contribution is -0.385. The molecule has 1 N–H and O–H groups in total. The molecule has 0 unspecified atom stereocenters. The number of nitro groups is 1. The Hall–Kier alpha value is -3.82. The monoisotopic (exact) mass is 386 g/mol. The lowest BCUT2D eigenvalue weighted by Crippen LogP contribution is -2.27. The van der Waals surface area contributed by atoms with Gasteiger partial charge in [-0.05, 0) is 36.4 Å². The van der Waals surface area contributed by atoms with Crippen LogP contribution in [0.15, 0.2) is 53.2 Å². The molecule has 0 aliphatic rings. The van der Waals surface area contributed by atoms with Gasteiger partial charge in [-0.2, -0.15) is 5.10 Å². The number of hydrogen-bond acceptors (Lipinski definition) is 7. The first-order valence-electron chi connectivity index (χ1n) is 8.36. The number of ether oxygens (including phenoxy) is 2. The zero-order valence-electron chi connectivity index (χ0n) is 15.0. The quantitative estimate of drug-likeness (QED) is 0.442. The van der Waals surface area contributed by atoms with Gasteiger partial charge in [0.25, 0.3) is 5.91 Å². The topological polar surface area (TPSA) is 122 Å². The normalized spacial score (nSPS) is 10.5. The first-order valence-corrected chi connectivity index (χ1v) is 8.36. The Morgan fingerprint density at radius 2 is 2.00 bits per heavy atom. The maximum absolute atomic E-state index is 12.1. The largest absolute Gasteiger partial charge is 0.497 e. The van der Waals surface area contributed by atoms with E-state index in [0.29, 0.717) is 18.1 Å². The van der Waals surface area contributed by atoms with E-state index in [1.807, 2.05) is 0 Å². The van der Waals surface area contributed by atoms with E-state index in [2.05, 4.69) is 10.4 Å². The second kappa shape index (κ2) is 8.71. The zero-order valence-corrected chi connectivity index (χ0v) is 15.0. The minimum absolute atomic E-state index is 0.0983. The van der Waals surface area contributed by atoms with Gasteiger partial charge < -0.3 is 19.2 Å². The van der Waals surface area contributed by atoms with Gasteiger partial charge in [-0.3, -0.25) is 19.6 Å². The van der Waals surface area contributed by atoms with Crippen LogP contribution in [-0.2, 0) is 13.2 Å². The molecule has 0 saturated heterocycles. The summed E-state index contributed by atoms with van der Waals surface area (Å²) in [5, 5.41) is 17.1. The molecule has 0 bridgehead atoms. The number of aromatic nitrogens is 2. The predicted molar refractivity (Wildman–Crippen MR) is 97.2 cm³/mol. The van der Waals surface area contributed by atoms with E-state index in [0.717, 1.165) is 11.9 Å². The Morgan fingerprint density at radius 3 is 2.68 bits per heavy atom. The Labute approximate surface area is 159 Å². The van der Waals surface area contributed by atoms with E-state index in [1.54, 1.807) is 43.5 Å². The molecule has 3 rings (SSSR count). The third-order valence-corrected chi connectivity index (χ3v) is 3.78. The predicted octanol–water partition coefficient (Wildman–Crippen LogP) is 2.40. The molecule has 1 aromatic carbocycles. The van der Waals surface area contributed by atoms with Gasteiger partial charge in [0.15, 0.2) is 5.76 Å². The van der Waals surface area contributed by atoms with Crippen molar-refractivity contribution in [2.45, 2.75) is 13.2 Å². The second-order valence-electron chi connectivity index (χ2n) is 5.70. The third-order valence-electron chi connectivity index (χ3n) is 3.78. The van der Waals surface area contributed by atoms with E-state index < -0.39 is 10.8 Å². The molecule has 28 heavy (non-hydrogen) atoms. The summed E-state index contributed by atoms with van der Waals surface area (Å²) in [4.78, 5) is 22.2. The van der Waals surface area contributed by atoms with Gasteiger partial charge >= 0.3 is 5.69 Å².